The number of aliphatic hydroxyl groups is 1. The lowest BCUT2D eigenvalue weighted by atomic mass is 10.3. The van der Waals surface area contributed by atoms with Gasteiger partial charge < -0.3 is 26.7 Å². The summed E-state index contributed by atoms with van der Waals surface area (Å²) < 4.78 is 14.9. The van der Waals surface area contributed by atoms with Crippen molar-refractivity contribution in [3.05, 3.63) is 52.2 Å². The SMILES string of the molecule is CO.NC(N)=NCC#Cc1ccc(C(=O)NC[C@@H](C=O)NS(=O)c2ccccc2)s1. The van der Waals surface area contributed by atoms with Crippen molar-refractivity contribution in [1.29, 1.82) is 0 Å². The first-order chi connectivity index (χ1) is 14.5. The summed E-state index contributed by atoms with van der Waals surface area (Å²) in [5, 5.41) is 9.64. The molecule has 0 radical (unpaired) electrons. The number of hydrogen-bond acceptors (Lipinski definition) is 6. The molecular formula is C19H23N5O4S2. The largest absolute Gasteiger partial charge is 0.400 e. The summed E-state index contributed by atoms with van der Waals surface area (Å²) >= 11 is 1.20. The lowest BCUT2D eigenvalue weighted by molar-refractivity contribution is -0.109. The van der Waals surface area contributed by atoms with E-state index in [1.165, 1.54) is 11.3 Å². The first kappa shape index (κ1) is 25.0. The molecule has 2 atom stereocenters. The molecule has 1 aromatic heterocycles. The number of rotatable bonds is 8. The molecular weight excluding hydrogens is 426 g/mol. The van der Waals surface area contributed by atoms with E-state index in [1.807, 2.05) is 0 Å². The van der Waals surface area contributed by atoms with Gasteiger partial charge in [0.05, 0.1) is 20.7 Å². The van der Waals surface area contributed by atoms with Crippen LogP contribution in [0.15, 0.2) is 52.4 Å². The van der Waals surface area contributed by atoms with Gasteiger partial charge in [-0.05, 0) is 24.3 Å². The molecule has 1 heterocycles. The fourth-order valence-corrected chi connectivity index (χ4v) is 3.69. The first-order valence-corrected chi connectivity index (χ1v) is 10.5. The van der Waals surface area contributed by atoms with Crippen molar-refractivity contribution < 1.29 is 18.9 Å². The van der Waals surface area contributed by atoms with Crippen LogP contribution in [0.5, 0.6) is 0 Å². The van der Waals surface area contributed by atoms with Crippen molar-refractivity contribution in [2.75, 3.05) is 20.2 Å². The monoisotopic (exact) mass is 449 g/mol. The van der Waals surface area contributed by atoms with Crippen LogP contribution in [-0.4, -0.2) is 53.7 Å². The number of carbonyl (C=O) groups excluding carboxylic acids is 2. The maximum atomic E-state index is 12.2. The number of benzene rings is 1. The number of aliphatic hydroxyl groups excluding tert-OH is 1. The van der Waals surface area contributed by atoms with E-state index in [0.717, 1.165) is 7.11 Å². The highest BCUT2D eigenvalue weighted by Gasteiger charge is 2.15. The third-order valence-electron chi connectivity index (χ3n) is 3.24. The van der Waals surface area contributed by atoms with E-state index in [9.17, 15) is 13.8 Å². The number of amides is 1. The summed E-state index contributed by atoms with van der Waals surface area (Å²) in [6, 6.07) is 11.2. The Kier molecular flexibility index (Phi) is 11.7. The maximum absolute atomic E-state index is 12.2. The summed E-state index contributed by atoms with van der Waals surface area (Å²) in [6.07, 6.45) is 0.607. The molecule has 0 aliphatic heterocycles. The predicted octanol–water partition coefficient (Wildman–Crippen LogP) is -0.409. The molecule has 1 amide bonds. The quantitative estimate of drug-likeness (QED) is 0.159. The third kappa shape index (κ3) is 8.97. The van der Waals surface area contributed by atoms with E-state index in [1.54, 1.807) is 42.5 Å². The van der Waals surface area contributed by atoms with Crippen molar-refractivity contribution in [3.63, 3.8) is 0 Å². The molecule has 0 fully saturated rings. The van der Waals surface area contributed by atoms with Crippen molar-refractivity contribution in [1.82, 2.24) is 10.0 Å². The van der Waals surface area contributed by atoms with Gasteiger partial charge in [0.15, 0.2) is 5.96 Å². The number of nitrogens with one attached hydrogen (secondary N) is 2. The highest BCUT2D eigenvalue weighted by molar-refractivity contribution is 7.83. The number of nitrogens with zero attached hydrogens (tertiary/aromatic N) is 1. The molecule has 0 saturated heterocycles. The van der Waals surface area contributed by atoms with Crippen LogP contribution in [0.25, 0.3) is 0 Å². The highest BCUT2D eigenvalue weighted by Crippen LogP contribution is 2.15. The second kappa shape index (κ2) is 14.0. The lowest BCUT2D eigenvalue weighted by Gasteiger charge is -2.12. The van der Waals surface area contributed by atoms with Gasteiger partial charge in [-0.25, -0.2) is 13.9 Å². The number of guanidine groups is 1. The van der Waals surface area contributed by atoms with Gasteiger partial charge in [0.2, 0.25) is 0 Å². The maximum Gasteiger partial charge on any atom is 0.261 e. The van der Waals surface area contributed by atoms with Crippen LogP contribution in [0.2, 0.25) is 0 Å². The van der Waals surface area contributed by atoms with Crippen LogP contribution in [0.4, 0.5) is 0 Å². The summed E-state index contributed by atoms with van der Waals surface area (Å²) in [5.41, 5.74) is 10.4. The molecule has 9 nitrogen and oxygen atoms in total. The second-order valence-corrected chi connectivity index (χ2v) is 7.69. The Balaban J connectivity index is 0.00000218. The molecule has 0 aliphatic rings. The van der Waals surface area contributed by atoms with E-state index in [0.29, 0.717) is 20.9 Å². The Morgan fingerprint density at radius 1 is 1.27 bits per heavy atom. The predicted molar refractivity (Wildman–Crippen MR) is 118 cm³/mol. The average Bonchev–Trinajstić information content (AvgIpc) is 3.25. The molecule has 160 valence electrons. The number of nitrogens with two attached hydrogens (primary N) is 2. The molecule has 11 heteroatoms. The third-order valence-corrected chi connectivity index (χ3v) is 5.46. The van der Waals surface area contributed by atoms with E-state index < -0.39 is 17.0 Å². The number of aldehydes is 1. The van der Waals surface area contributed by atoms with E-state index in [-0.39, 0.29) is 25.0 Å². The Labute approximate surface area is 181 Å². The van der Waals surface area contributed by atoms with Gasteiger partial charge in [-0.15, -0.1) is 11.3 Å². The number of carbonyl (C=O) groups is 2. The zero-order chi connectivity index (χ0) is 22.4. The fraction of sp³-hybridized carbons (Fsp3) is 0.211. The van der Waals surface area contributed by atoms with E-state index in [2.05, 4.69) is 26.9 Å². The topological polar surface area (TPSA) is 160 Å². The van der Waals surface area contributed by atoms with Crippen LogP contribution >= 0.6 is 11.3 Å². The molecule has 1 unspecified atom stereocenters. The molecule has 2 aromatic rings. The highest BCUT2D eigenvalue weighted by atomic mass is 32.2. The number of aliphatic imine (C=N–C) groups is 1. The molecule has 0 spiro atoms. The van der Waals surface area contributed by atoms with Crippen LogP contribution in [0.1, 0.15) is 14.5 Å². The smallest absolute Gasteiger partial charge is 0.261 e. The zero-order valence-corrected chi connectivity index (χ0v) is 17.8. The molecule has 1 aromatic carbocycles. The van der Waals surface area contributed by atoms with Gasteiger partial charge in [0.1, 0.15) is 23.8 Å². The van der Waals surface area contributed by atoms with Gasteiger partial charge in [-0.1, -0.05) is 30.0 Å². The molecule has 30 heavy (non-hydrogen) atoms. The van der Waals surface area contributed by atoms with Crippen molar-refractivity contribution >= 4 is 40.5 Å². The fourth-order valence-electron chi connectivity index (χ4n) is 1.94. The van der Waals surface area contributed by atoms with Crippen molar-refractivity contribution in [3.8, 4) is 11.8 Å². The minimum absolute atomic E-state index is 0.00428. The minimum Gasteiger partial charge on any atom is -0.400 e. The van der Waals surface area contributed by atoms with Crippen molar-refractivity contribution in [2.24, 2.45) is 16.5 Å². The number of hydrogen-bond donors (Lipinski definition) is 5. The summed E-state index contributed by atoms with van der Waals surface area (Å²) in [6.45, 7) is 0.178. The standard InChI is InChI=1S/C18H19N5O3S2.CH4O/c19-18(20)21-10-4-5-14-8-9-16(27-14)17(25)22-11-13(12-24)23-28(26)15-6-2-1-3-7-15;1-2/h1-3,6-9,12-13,23H,10-11H2,(H,22,25)(H4,19,20,21);2H,1H3/t13-,28?;/m0./s1. The van der Waals surface area contributed by atoms with Gasteiger partial charge in [0.25, 0.3) is 5.91 Å². The van der Waals surface area contributed by atoms with E-state index in [4.69, 9.17) is 16.6 Å². The van der Waals surface area contributed by atoms with E-state index >= 15 is 0 Å². The van der Waals surface area contributed by atoms with Crippen LogP contribution in [0.3, 0.4) is 0 Å². The summed E-state index contributed by atoms with van der Waals surface area (Å²) in [4.78, 5) is 28.9. The van der Waals surface area contributed by atoms with Gasteiger partial charge in [0, 0.05) is 13.7 Å². The summed E-state index contributed by atoms with van der Waals surface area (Å²) in [5.74, 6) is 5.25. The normalized spacial score (nSPS) is 11.5. The van der Waals surface area contributed by atoms with Crippen LogP contribution < -0.4 is 21.5 Å². The molecule has 0 bridgehead atoms. The minimum atomic E-state index is -1.55. The van der Waals surface area contributed by atoms with Crippen molar-refractivity contribution in [2.45, 2.75) is 10.9 Å². The lowest BCUT2D eigenvalue weighted by Crippen LogP contribution is -2.42. The van der Waals surface area contributed by atoms with Gasteiger partial charge >= 0.3 is 0 Å². The Hall–Kier alpha value is -3.04. The van der Waals surface area contributed by atoms with Gasteiger partial charge in [-0.2, -0.15) is 0 Å². The molecule has 0 saturated carbocycles. The van der Waals surface area contributed by atoms with Crippen LogP contribution in [0, 0.1) is 11.8 Å². The average molecular weight is 450 g/mol. The Morgan fingerprint density at radius 2 is 1.97 bits per heavy atom. The van der Waals surface area contributed by atoms with Crippen LogP contribution in [-0.2, 0) is 15.8 Å². The Bertz CT molecular complexity index is 931. The summed E-state index contributed by atoms with van der Waals surface area (Å²) in [7, 11) is -0.553. The first-order valence-electron chi connectivity index (χ1n) is 8.55. The van der Waals surface area contributed by atoms with Gasteiger partial charge in [-0.3, -0.25) is 4.79 Å². The molecule has 7 N–H and O–H groups in total. The molecule has 0 aliphatic carbocycles. The number of thiophene rings is 1. The zero-order valence-electron chi connectivity index (χ0n) is 16.2. The second-order valence-electron chi connectivity index (χ2n) is 5.36. The Morgan fingerprint density at radius 3 is 2.60 bits per heavy atom. The molecule has 2 rings (SSSR count).